The van der Waals surface area contributed by atoms with E-state index in [0.29, 0.717) is 25.7 Å². The standard InChI is InChI=1S/C15H22O5/c1-14(2)8-15(12(17)19-3,13(18)20-4)9-6-5-7-10(16)11(9)14/h9,11H,5-8H2,1-4H3. The fourth-order valence-corrected chi connectivity index (χ4v) is 4.41. The van der Waals surface area contributed by atoms with Crippen molar-refractivity contribution in [2.75, 3.05) is 14.2 Å². The van der Waals surface area contributed by atoms with Gasteiger partial charge in [-0.15, -0.1) is 0 Å². The molecular formula is C15H22O5. The van der Waals surface area contributed by atoms with Crippen LogP contribution in [0.3, 0.4) is 0 Å². The van der Waals surface area contributed by atoms with Crippen molar-refractivity contribution in [3.05, 3.63) is 0 Å². The van der Waals surface area contributed by atoms with Crippen LogP contribution in [0.2, 0.25) is 0 Å². The second kappa shape index (κ2) is 4.86. The average molecular weight is 282 g/mol. The lowest BCUT2D eigenvalue weighted by Gasteiger charge is -2.35. The molecule has 2 unspecified atom stereocenters. The quantitative estimate of drug-likeness (QED) is 0.570. The van der Waals surface area contributed by atoms with Crippen molar-refractivity contribution in [3.8, 4) is 0 Å². The molecule has 0 spiro atoms. The van der Waals surface area contributed by atoms with Crippen LogP contribution in [0.1, 0.15) is 39.5 Å². The average Bonchev–Trinajstić information content (AvgIpc) is 2.67. The summed E-state index contributed by atoms with van der Waals surface area (Å²) in [7, 11) is 2.55. The molecule has 2 aliphatic carbocycles. The fourth-order valence-electron chi connectivity index (χ4n) is 4.41. The van der Waals surface area contributed by atoms with E-state index in [2.05, 4.69) is 0 Å². The summed E-state index contributed by atoms with van der Waals surface area (Å²) in [5.41, 5.74) is -1.72. The number of carbonyl (C=O) groups excluding carboxylic acids is 3. The van der Waals surface area contributed by atoms with Crippen molar-refractivity contribution < 1.29 is 23.9 Å². The minimum atomic E-state index is -1.33. The van der Waals surface area contributed by atoms with Crippen LogP contribution in [-0.4, -0.2) is 31.9 Å². The number of Topliss-reactive ketones (excluding diaryl/α,β-unsaturated/α-hetero) is 1. The molecule has 0 amide bonds. The summed E-state index contributed by atoms with van der Waals surface area (Å²) in [5.74, 6) is -1.56. The molecule has 0 aliphatic heterocycles. The smallest absolute Gasteiger partial charge is 0.323 e. The van der Waals surface area contributed by atoms with Gasteiger partial charge >= 0.3 is 11.9 Å². The predicted molar refractivity (Wildman–Crippen MR) is 70.7 cm³/mol. The maximum absolute atomic E-state index is 12.4. The number of ether oxygens (including phenoxy) is 2. The van der Waals surface area contributed by atoms with Gasteiger partial charge in [0.25, 0.3) is 0 Å². The highest BCUT2D eigenvalue weighted by Crippen LogP contribution is 2.61. The van der Waals surface area contributed by atoms with Gasteiger partial charge in [0, 0.05) is 12.3 Å². The number of methoxy groups -OCH3 is 2. The van der Waals surface area contributed by atoms with Gasteiger partial charge in [-0.1, -0.05) is 13.8 Å². The molecule has 0 saturated heterocycles. The zero-order valence-corrected chi connectivity index (χ0v) is 12.5. The first-order chi connectivity index (χ1) is 9.31. The van der Waals surface area contributed by atoms with Crippen LogP contribution >= 0.6 is 0 Å². The van der Waals surface area contributed by atoms with E-state index in [9.17, 15) is 14.4 Å². The summed E-state index contributed by atoms with van der Waals surface area (Å²) < 4.78 is 9.77. The summed E-state index contributed by atoms with van der Waals surface area (Å²) in [4.78, 5) is 37.0. The van der Waals surface area contributed by atoms with Crippen molar-refractivity contribution in [3.63, 3.8) is 0 Å². The predicted octanol–water partition coefficient (Wildman–Crippen LogP) is 1.73. The van der Waals surface area contributed by atoms with Gasteiger partial charge in [0.1, 0.15) is 5.78 Å². The highest BCUT2D eigenvalue weighted by atomic mass is 16.5. The van der Waals surface area contributed by atoms with Crippen LogP contribution in [0.5, 0.6) is 0 Å². The van der Waals surface area contributed by atoms with Crippen molar-refractivity contribution in [2.45, 2.75) is 39.5 Å². The third-order valence-electron chi connectivity index (χ3n) is 5.00. The van der Waals surface area contributed by atoms with Crippen molar-refractivity contribution in [1.29, 1.82) is 0 Å². The number of esters is 2. The molecule has 2 rings (SSSR count). The van der Waals surface area contributed by atoms with E-state index in [4.69, 9.17) is 9.47 Å². The van der Waals surface area contributed by atoms with Gasteiger partial charge in [-0.3, -0.25) is 14.4 Å². The molecule has 112 valence electrons. The minimum Gasteiger partial charge on any atom is -0.468 e. The summed E-state index contributed by atoms with van der Waals surface area (Å²) in [6.45, 7) is 3.89. The molecule has 0 aromatic carbocycles. The van der Waals surface area contributed by atoms with E-state index in [0.717, 1.165) is 0 Å². The Morgan fingerprint density at radius 2 is 1.70 bits per heavy atom. The van der Waals surface area contributed by atoms with Gasteiger partial charge in [-0.2, -0.15) is 0 Å². The van der Waals surface area contributed by atoms with Crippen LogP contribution in [0.4, 0.5) is 0 Å². The Bertz CT molecular complexity index is 435. The maximum atomic E-state index is 12.4. The molecule has 0 aromatic rings. The summed E-state index contributed by atoms with van der Waals surface area (Å²) in [6.07, 6.45) is 2.24. The number of carbonyl (C=O) groups is 3. The third kappa shape index (κ3) is 1.86. The summed E-state index contributed by atoms with van der Waals surface area (Å²) in [6, 6.07) is 0. The van der Waals surface area contributed by atoms with Gasteiger partial charge in [0.15, 0.2) is 5.41 Å². The second-order valence-corrected chi connectivity index (χ2v) is 6.56. The lowest BCUT2D eigenvalue weighted by Crippen LogP contribution is -2.47. The number of rotatable bonds is 2. The van der Waals surface area contributed by atoms with Gasteiger partial charge in [-0.25, -0.2) is 0 Å². The topological polar surface area (TPSA) is 69.7 Å². The Morgan fingerprint density at radius 3 is 2.20 bits per heavy atom. The molecule has 5 nitrogen and oxygen atoms in total. The van der Waals surface area contributed by atoms with Crippen LogP contribution in [-0.2, 0) is 23.9 Å². The first-order valence-corrected chi connectivity index (χ1v) is 7.01. The zero-order chi connectivity index (χ0) is 15.1. The molecule has 0 aromatic heterocycles. The normalized spacial score (nSPS) is 30.5. The Labute approximate surface area is 119 Å². The molecule has 2 aliphatic rings. The van der Waals surface area contributed by atoms with Crippen molar-refractivity contribution in [2.24, 2.45) is 22.7 Å². The lowest BCUT2D eigenvalue weighted by atomic mass is 9.67. The molecular weight excluding hydrogens is 260 g/mol. The van der Waals surface area contributed by atoms with Gasteiger partial charge in [0.05, 0.1) is 14.2 Å². The van der Waals surface area contributed by atoms with Gasteiger partial charge in [0.2, 0.25) is 0 Å². The van der Waals surface area contributed by atoms with Crippen LogP contribution in [0.15, 0.2) is 0 Å². The van der Waals surface area contributed by atoms with Crippen LogP contribution in [0.25, 0.3) is 0 Å². The number of hydrogen-bond acceptors (Lipinski definition) is 5. The fraction of sp³-hybridized carbons (Fsp3) is 0.800. The molecule has 2 atom stereocenters. The highest BCUT2D eigenvalue weighted by molar-refractivity contribution is 6.02. The zero-order valence-electron chi connectivity index (χ0n) is 12.5. The van der Waals surface area contributed by atoms with E-state index < -0.39 is 22.8 Å². The largest absolute Gasteiger partial charge is 0.468 e. The SMILES string of the molecule is COC(=O)C1(C(=O)OC)CC(C)(C)C2C(=O)CCCC21. The number of ketones is 1. The van der Waals surface area contributed by atoms with E-state index in [1.807, 2.05) is 13.8 Å². The molecule has 0 bridgehead atoms. The molecule has 5 heteroatoms. The Balaban J connectivity index is 2.55. The first kappa shape index (κ1) is 15.0. The Kier molecular flexibility index (Phi) is 3.65. The van der Waals surface area contributed by atoms with E-state index >= 15 is 0 Å². The molecule has 2 fully saturated rings. The van der Waals surface area contributed by atoms with Crippen molar-refractivity contribution >= 4 is 17.7 Å². The lowest BCUT2D eigenvalue weighted by molar-refractivity contribution is -0.173. The molecule has 0 radical (unpaired) electrons. The van der Waals surface area contributed by atoms with Gasteiger partial charge in [-0.05, 0) is 30.6 Å². The molecule has 0 N–H and O–H groups in total. The summed E-state index contributed by atoms with van der Waals surface area (Å²) in [5, 5.41) is 0. The second-order valence-electron chi connectivity index (χ2n) is 6.56. The maximum Gasteiger partial charge on any atom is 0.323 e. The number of hydrogen-bond donors (Lipinski definition) is 0. The number of fused-ring (bicyclic) bond motifs is 1. The Hall–Kier alpha value is -1.39. The first-order valence-electron chi connectivity index (χ1n) is 7.01. The minimum absolute atomic E-state index is 0.154. The van der Waals surface area contributed by atoms with Gasteiger partial charge < -0.3 is 9.47 Å². The van der Waals surface area contributed by atoms with E-state index in [1.54, 1.807) is 0 Å². The Morgan fingerprint density at radius 1 is 1.15 bits per heavy atom. The van der Waals surface area contributed by atoms with E-state index in [-0.39, 0.29) is 17.6 Å². The third-order valence-corrected chi connectivity index (χ3v) is 5.00. The molecule has 2 saturated carbocycles. The molecule has 20 heavy (non-hydrogen) atoms. The van der Waals surface area contributed by atoms with Crippen LogP contribution in [0, 0.1) is 22.7 Å². The van der Waals surface area contributed by atoms with E-state index in [1.165, 1.54) is 14.2 Å². The summed E-state index contributed by atoms with van der Waals surface area (Å²) >= 11 is 0. The highest BCUT2D eigenvalue weighted by Gasteiger charge is 2.68. The van der Waals surface area contributed by atoms with Crippen molar-refractivity contribution in [1.82, 2.24) is 0 Å². The monoisotopic (exact) mass is 282 g/mol. The molecule has 0 heterocycles. The van der Waals surface area contributed by atoms with Crippen LogP contribution < -0.4 is 0 Å².